The average molecular weight is 405 g/mol. The van der Waals surface area contributed by atoms with Gasteiger partial charge >= 0.3 is 6.09 Å². The Balaban J connectivity index is 1.37. The van der Waals surface area contributed by atoms with Gasteiger partial charge in [-0.25, -0.2) is 4.79 Å². The number of nitrogens with one attached hydrogen (secondary N) is 1. The number of carbonyl (C=O) groups is 2. The van der Waals surface area contributed by atoms with Crippen LogP contribution in [0.5, 0.6) is 0 Å². The molecule has 4 rings (SSSR count). The number of hydrogen-bond acceptors (Lipinski definition) is 3. The van der Waals surface area contributed by atoms with Crippen LogP contribution in [0.25, 0.3) is 0 Å². The molecule has 0 radical (unpaired) electrons. The Bertz CT molecular complexity index is 732. The van der Waals surface area contributed by atoms with Gasteiger partial charge in [-0.3, -0.25) is 10.1 Å². The number of rotatable bonds is 3. The van der Waals surface area contributed by atoms with Crippen LogP contribution in [0.3, 0.4) is 0 Å². The van der Waals surface area contributed by atoms with E-state index in [2.05, 4.69) is 5.32 Å². The van der Waals surface area contributed by atoms with Gasteiger partial charge in [0.2, 0.25) is 0 Å². The van der Waals surface area contributed by atoms with Crippen molar-refractivity contribution in [1.29, 1.82) is 0 Å². The number of benzene rings is 1. The number of piperidine rings is 1. The minimum atomic E-state index is -0.457. The molecule has 5 nitrogen and oxygen atoms in total. The fourth-order valence-corrected chi connectivity index (χ4v) is 5.29. The Morgan fingerprint density at radius 2 is 1.71 bits per heavy atom. The highest BCUT2D eigenvalue weighted by molar-refractivity contribution is 6.34. The van der Waals surface area contributed by atoms with Crippen LogP contribution < -0.4 is 5.32 Å². The lowest BCUT2D eigenvalue weighted by atomic mass is 9.75. The number of fused-ring (bicyclic) bond motifs is 1. The molecule has 3 fully saturated rings. The number of likely N-dealkylation sites (tertiary alicyclic amines) is 1. The monoisotopic (exact) mass is 404 g/mol. The number of amides is 2. The Kier molecular flexibility index (Phi) is 6.10. The summed E-state index contributed by atoms with van der Waals surface area (Å²) in [7, 11) is 0. The molecule has 0 bridgehead atoms. The van der Waals surface area contributed by atoms with Crippen LogP contribution in [0, 0.1) is 11.8 Å². The smallest absolute Gasteiger partial charge is 0.411 e. The number of halogens is 1. The summed E-state index contributed by atoms with van der Waals surface area (Å²) in [6.07, 6.45) is 9.88. The van der Waals surface area contributed by atoms with Crippen LogP contribution in [-0.4, -0.2) is 36.1 Å². The first-order chi connectivity index (χ1) is 13.6. The highest BCUT2D eigenvalue weighted by Crippen LogP contribution is 2.37. The van der Waals surface area contributed by atoms with Crippen molar-refractivity contribution < 1.29 is 14.3 Å². The van der Waals surface area contributed by atoms with Gasteiger partial charge in [0.25, 0.3) is 5.91 Å². The number of ether oxygens (including phenoxy) is 1. The standard InChI is InChI=1S/C22H29ClN2O3/c23-20-13-17(24-22(27)28-18-7-3-4-8-18)9-10-19(20)21(26)25-12-11-15-5-1-2-6-16(15)14-25/h9-10,13,15-16,18H,1-8,11-12,14H2,(H,24,27)/t15-,16-/m0/s1. The lowest BCUT2D eigenvalue weighted by molar-refractivity contribution is 0.0521. The van der Waals surface area contributed by atoms with Crippen LogP contribution in [0.2, 0.25) is 5.02 Å². The second-order valence-corrected chi connectivity index (χ2v) is 8.88. The molecule has 0 spiro atoms. The van der Waals surface area contributed by atoms with E-state index >= 15 is 0 Å². The molecule has 1 aliphatic heterocycles. The SMILES string of the molecule is O=C(Nc1ccc(C(=O)N2CC[C@@H]3CCCC[C@H]3C2)c(Cl)c1)OC1CCCC1. The maximum atomic E-state index is 13.0. The topological polar surface area (TPSA) is 58.6 Å². The minimum absolute atomic E-state index is 0.00546. The van der Waals surface area contributed by atoms with Gasteiger partial charge in [0.1, 0.15) is 6.10 Å². The van der Waals surface area contributed by atoms with Gasteiger partial charge in [0.05, 0.1) is 10.6 Å². The van der Waals surface area contributed by atoms with E-state index in [1.807, 2.05) is 4.90 Å². The van der Waals surface area contributed by atoms with Crippen molar-refractivity contribution >= 4 is 29.3 Å². The molecule has 0 unspecified atom stereocenters. The Hall–Kier alpha value is -1.75. The second-order valence-electron chi connectivity index (χ2n) is 8.48. The van der Waals surface area contributed by atoms with Gasteiger partial charge in [0.15, 0.2) is 0 Å². The highest BCUT2D eigenvalue weighted by Gasteiger charge is 2.33. The van der Waals surface area contributed by atoms with Gasteiger partial charge in [-0.2, -0.15) is 0 Å². The fraction of sp³-hybridized carbons (Fsp3) is 0.636. The van der Waals surface area contributed by atoms with E-state index in [9.17, 15) is 9.59 Å². The third-order valence-electron chi connectivity index (χ3n) is 6.60. The van der Waals surface area contributed by atoms with Crippen LogP contribution in [0.1, 0.15) is 68.1 Å². The quantitative estimate of drug-likeness (QED) is 0.725. The summed E-state index contributed by atoms with van der Waals surface area (Å²) in [4.78, 5) is 27.0. The van der Waals surface area contributed by atoms with E-state index in [0.717, 1.165) is 51.1 Å². The van der Waals surface area contributed by atoms with Gasteiger partial charge in [0, 0.05) is 18.8 Å². The molecule has 2 atom stereocenters. The molecule has 2 aliphatic carbocycles. The maximum Gasteiger partial charge on any atom is 0.411 e. The predicted octanol–water partition coefficient (Wildman–Crippen LogP) is 5.48. The zero-order valence-electron chi connectivity index (χ0n) is 16.3. The van der Waals surface area contributed by atoms with Gasteiger partial charge in [-0.05, 0) is 68.6 Å². The zero-order valence-corrected chi connectivity index (χ0v) is 17.0. The third-order valence-corrected chi connectivity index (χ3v) is 6.91. The first kappa shape index (κ1) is 19.6. The van der Waals surface area contributed by atoms with Crippen LogP contribution in [0.4, 0.5) is 10.5 Å². The molecule has 6 heteroatoms. The molecule has 0 aromatic heterocycles. The van der Waals surface area contributed by atoms with E-state index < -0.39 is 6.09 Å². The number of hydrogen-bond donors (Lipinski definition) is 1. The normalized spacial score (nSPS) is 25.2. The van der Waals surface area contributed by atoms with Crippen molar-refractivity contribution in [3.05, 3.63) is 28.8 Å². The fourth-order valence-electron chi connectivity index (χ4n) is 5.03. The minimum Gasteiger partial charge on any atom is -0.446 e. The summed E-state index contributed by atoms with van der Waals surface area (Å²) in [5, 5.41) is 3.09. The number of carbonyl (C=O) groups excluding carboxylic acids is 2. The molecule has 1 heterocycles. The Labute approximate surface area is 171 Å². The first-order valence-corrected chi connectivity index (χ1v) is 11.0. The van der Waals surface area contributed by atoms with E-state index in [1.54, 1.807) is 18.2 Å². The Morgan fingerprint density at radius 1 is 1.00 bits per heavy atom. The van der Waals surface area contributed by atoms with Crippen molar-refractivity contribution in [2.24, 2.45) is 11.8 Å². The molecular formula is C22H29ClN2O3. The lowest BCUT2D eigenvalue weighted by Gasteiger charge is -2.41. The number of nitrogens with zero attached hydrogens (tertiary/aromatic N) is 1. The maximum absolute atomic E-state index is 13.0. The molecule has 1 saturated heterocycles. The summed E-state index contributed by atoms with van der Waals surface area (Å²) in [6.45, 7) is 1.65. The molecule has 2 saturated carbocycles. The molecule has 1 N–H and O–H groups in total. The van der Waals surface area contributed by atoms with Gasteiger partial charge < -0.3 is 9.64 Å². The van der Waals surface area contributed by atoms with Gasteiger partial charge in [-0.1, -0.05) is 30.9 Å². The van der Waals surface area contributed by atoms with E-state index in [0.29, 0.717) is 22.2 Å². The Morgan fingerprint density at radius 3 is 2.46 bits per heavy atom. The van der Waals surface area contributed by atoms with Crippen molar-refractivity contribution in [3.63, 3.8) is 0 Å². The predicted molar refractivity (Wildman–Crippen MR) is 110 cm³/mol. The molecular weight excluding hydrogens is 376 g/mol. The van der Waals surface area contributed by atoms with Crippen LogP contribution >= 0.6 is 11.6 Å². The molecule has 28 heavy (non-hydrogen) atoms. The molecule has 152 valence electrons. The molecule has 3 aliphatic rings. The highest BCUT2D eigenvalue weighted by atomic mass is 35.5. The van der Waals surface area contributed by atoms with Crippen molar-refractivity contribution in [1.82, 2.24) is 4.90 Å². The second kappa shape index (κ2) is 8.73. The third kappa shape index (κ3) is 4.45. The average Bonchev–Trinajstić information content (AvgIpc) is 3.20. The molecule has 1 aromatic rings. The first-order valence-electron chi connectivity index (χ1n) is 10.7. The number of anilines is 1. The summed E-state index contributed by atoms with van der Waals surface area (Å²) in [5.74, 6) is 1.41. The summed E-state index contributed by atoms with van der Waals surface area (Å²) < 4.78 is 5.41. The van der Waals surface area contributed by atoms with Gasteiger partial charge in [-0.15, -0.1) is 0 Å². The van der Waals surface area contributed by atoms with E-state index in [-0.39, 0.29) is 12.0 Å². The van der Waals surface area contributed by atoms with E-state index in [1.165, 1.54) is 25.7 Å². The van der Waals surface area contributed by atoms with Crippen LogP contribution in [0.15, 0.2) is 18.2 Å². The van der Waals surface area contributed by atoms with Crippen LogP contribution in [-0.2, 0) is 4.74 Å². The van der Waals surface area contributed by atoms with Crippen molar-refractivity contribution in [3.8, 4) is 0 Å². The lowest BCUT2D eigenvalue weighted by Crippen LogP contribution is -2.44. The molecule has 2 amide bonds. The largest absolute Gasteiger partial charge is 0.446 e. The van der Waals surface area contributed by atoms with E-state index in [4.69, 9.17) is 16.3 Å². The van der Waals surface area contributed by atoms with Crippen molar-refractivity contribution in [2.45, 2.75) is 63.9 Å². The molecule has 1 aromatic carbocycles. The summed E-state index contributed by atoms with van der Waals surface area (Å²) >= 11 is 6.40. The zero-order chi connectivity index (χ0) is 19.5. The van der Waals surface area contributed by atoms with Crippen molar-refractivity contribution in [2.75, 3.05) is 18.4 Å². The summed E-state index contributed by atoms with van der Waals surface area (Å²) in [6, 6.07) is 5.07. The summed E-state index contributed by atoms with van der Waals surface area (Å²) in [5.41, 5.74) is 1.06.